The molecule has 4 nitrogen and oxygen atoms in total. The molecule has 0 saturated carbocycles. The highest BCUT2D eigenvalue weighted by Crippen LogP contribution is 2.19. The summed E-state index contributed by atoms with van der Waals surface area (Å²) in [5.41, 5.74) is 1.06. The van der Waals surface area contributed by atoms with Crippen LogP contribution in [0.4, 0.5) is 5.69 Å². The van der Waals surface area contributed by atoms with Crippen molar-refractivity contribution in [2.45, 2.75) is 6.42 Å². The van der Waals surface area contributed by atoms with E-state index in [4.69, 9.17) is 0 Å². The smallest absolute Gasteiger partial charge is 0.232 e. The third-order valence-corrected chi connectivity index (χ3v) is 1.72. The van der Waals surface area contributed by atoms with E-state index in [1.807, 2.05) is 0 Å². The minimum absolute atomic E-state index is 0.0707. The van der Waals surface area contributed by atoms with Gasteiger partial charge < -0.3 is 5.32 Å². The van der Waals surface area contributed by atoms with Gasteiger partial charge in [-0.25, -0.2) is 0 Å². The maximum atomic E-state index is 11.2. The Bertz CT molecular complexity index is 360. The molecular weight excluding hydrogens is 156 g/mol. The lowest BCUT2D eigenvalue weighted by molar-refractivity contribution is -0.115. The maximum absolute atomic E-state index is 11.2. The Kier molecular flexibility index (Phi) is 1.40. The molecule has 4 heteroatoms. The molecule has 1 aromatic rings. The maximum Gasteiger partial charge on any atom is 0.232 e. The van der Waals surface area contributed by atoms with E-state index >= 15 is 0 Å². The summed E-state index contributed by atoms with van der Waals surface area (Å²) in [6, 6.07) is 1.62. The molecule has 1 aliphatic rings. The first kappa shape index (κ1) is 6.97. The van der Waals surface area contributed by atoms with Crippen molar-refractivity contribution in [3.8, 4) is 0 Å². The predicted molar refractivity (Wildman–Crippen MR) is 41.8 cm³/mol. The lowest BCUT2D eigenvalue weighted by atomic mass is 10.0. The quantitative estimate of drug-likeness (QED) is 0.568. The number of aromatic nitrogens is 1. The fraction of sp³-hybridized carbons (Fsp3) is 0.125. The summed E-state index contributed by atoms with van der Waals surface area (Å²) < 4.78 is 0. The molecule has 2 heterocycles. The molecule has 0 bridgehead atoms. The molecular formula is C8H6N2O2. The van der Waals surface area contributed by atoms with Crippen molar-refractivity contribution >= 4 is 17.4 Å². The van der Waals surface area contributed by atoms with E-state index in [0.717, 1.165) is 0 Å². The second-order valence-corrected chi connectivity index (χ2v) is 2.57. The topological polar surface area (TPSA) is 59.1 Å². The monoisotopic (exact) mass is 162 g/mol. The number of Topliss-reactive ketones (excluding diaryl/α,β-unsaturated/α-hetero) is 1. The van der Waals surface area contributed by atoms with Gasteiger partial charge >= 0.3 is 0 Å². The zero-order valence-electron chi connectivity index (χ0n) is 6.20. The highest BCUT2D eigenvalue weighted by Gasteiger charge is 2.21. The minimum atomic E-state index is -0.251. The second kappa shape index (κ2) is 2.41. The summed E-state index contributed by atoms with van der Waals surface area (Å²) in [5.74, 6) is -0.416. The Morgan fingerprint density at radius 3 is 3.08 bits per heavy atom. The van der Waals surface area contributed by atoms with Gasteiger partial charge in [0.15, 0.2) is 5.78 Å². The van der Waals surface area contributed by atoms with E-state index < -0.39 is 0 Å². The number of ketones is 1. The van der Waals surface area contributed by atoms with Gasteiger partial charge in [0, 0.05) is 12.4 Å². The molecule has 0 aliphatic carbocycles. The fourth-order valence-corrected chi connectivity index (χ4v) is 1.16. The van der Waals surface area contributed by atoms with Crippen LogP contribution in [0.25, 0.3) is 0 Å². The van der Waals surface area contributed by atoms with Crippen molar-refractivity contribution in [3.63, 3.8) is 0 Å². The summed E-state index contributed by atoms with van der Waals surface area (Å²) >= 11 is 0. The zero-order chi connectivity index (χ0) is 8.55. The van der Waals surface area contributed by atoms with Gasteiger partial charge in [0.05, 0.1) is 17.7 Å². The molecule has 1 amide bonds. The van der Waals surface area contributed by atoms with E-state index in [2.05, 4.69) is 10.3 Å². The zero-order valence-corrected chi connectivity index (χ0v) is 6.20. The number of carbonyl (C=O) groups excluding carboxylic acids is 2. The van der Waals surface area contributed by atoms with E-state index in [-0.39, 0.29) is 18.1 Å². The molecule has 2 rings (SSSR count). The molecule has 0 fully saturated rings. The van der Waals surface area contributed by atoms with Crippen LogP contribution in [0, 0.1) is 0 Å². The molecule has 0 atom stereocenters. The standard InChI is InChI=1S/C8H6N2O2/c11-7-3-8(12)10-6-1-2-9-4-5(6)7/h1-2,4H,3H2,(H,10,12). The second-order valence-electron chi connectivity index (χ2n) is 2.57. The number of rotatable bonds is 0. The lowest BCUT2D eigenvalue weighted by Crippen LogP contribution is -2.23. The van der Waals surface area contributed by atoms with Gasteiger partial charge in [0.25, 0.3) is 0 Å². The first-order chi connectivity index (χ1) is 5.77. The highest BCUT2D eigenvalue weighted by molar-refractivity contribution is 6.18. The Morgan fingerprint density at radius 2 is 2.25 bits per heavy atom. The Balaban J connectivity index is 2.54. The summed E-state index contributed by atoms with van der Waals surface area (Å²) in [5, 5.41) is 2.59. The molecule has 1 aromatic heterocycles. The van der Waals surface area contributed by atoms with Crippen LogP contribution < -0.4 is 5.32 Å². The van der Waals surface area contributed by atoms with Crippen molar-refractivity contribution in [1.82, 2.24) is 4.98 Å². The SMILES string of the molecule is O=C1CC(=O)c2cnccc2N1. The van der Waals surface area contributed by atoms with E-state index in [1.165, 1.54) is 12.4 Å². The van der Waals surface area contributed by atoms with Gasteiger partial charge in [0.2, 0.25) is 5.91 Å². The lowest BCUT2D eigenvalue weighted by Gasteiger charge is -2.13. The number of hydrogen-bond acceptors (Lipinski definition) is 3. The molecule has 0 unspecified atom stereocenters. The van der Waals surface area contributed by atoms with Crippen LogP contribution >= 0.6 is 0 Å². The van der Waals surface area contributed by atoms with Crippen molar-refractivity contribution in [1.29, 1.82) is 0 Å². The number of amides is 1. The molecule has 1 N–H and O–H groups in total. The normalized spacial score (nSPS) is 15.3. The number of nitrogens with zero attached hydrogens (tertiary/aromatic N) is 1. The third-order valence-electron chi connectivity index (χ3n) is 1.72. The van der Waals surface area contributed by atoms with Crippen molar-refractivity contribution in [3.05, 3.63) is 24.0 Å². The van der Waals surface area contributed by atoms with Gasteiger partial charge in [-0.2, -0.15) is 0 Å². The first-order valence-corrected chi connectivity index (χ1v) is 3.54. The number of carbonyl (C=O) groups is 2. The van der Waals surface area contributed by atoms with Gasteiger partial charge in [-0.1, -0.05) is 0 Å². The molecule has 0 saturated heterocycles. The molecule has 0 radical (unpaired) electrons. The number of fused-ring (bicyclic) bond motifs is 1. The van der Waals surface area contributed by atoms with Crippen molar-refractivity contribution in [2.75, 3.05) is 5.32 Å². The largest absolute Gasteiger partial charge is 0.325 e. The van der Waals surface area contributed by atoms with Crippen molar-refractivity contribution < 1.29 is 9.59 Å². The highest BCUT2D eigenvalue weighted by atomic mass is 16.2. The van der Waals surface area contributed by atoms with Crippen LogP contribution in [-0.4, -0.2) is 16.7 Å². The van der Waals surface area contributed by atoms with Gasteiger partial charge in [-0.05, 0) is 6.07 Å². The van der Waals surface area contributed by atoms with Crippen molar-refractivity contribution in [2.24, 2.45) is 0 Å². The number of nitrogens with one attached hydrogen (secondary N) is 1. The van der Waals surface area contributed by atoms with E-state index in [0.29, 0.717) is 11.3 Å². The Morgan fingerprint density at radius 1 is 1.42 bits per heavy atom. The summed E-state index contributed by atoms with van der Waals surface area (Å²) in [6.07, 6.45) is 2.94. The van der Waals surface area contributed by atoms with Crippen LogP contribution in [-0.2, 0) is 4.79 Å². The number of anilines is 1. The average Bonchev–Trinajstić information content (AvgIpc) is 2.04. The third kappa shape index (κ3) is 0.972. The van der Waals surface area contributed by atoms with Gasteiger partial charge in [-0.15, -0.1) is 0 Å². The van der Waals surface area contributed by atoms with Crippen LogP contribution in [0.1, 0.15) is 16.8 Å². The molecule has 1 aliphatic heterocycles. The fourth-order valence-electron chi connectivity index (χ4n) is 1.16. The Labute approximate surface area is 68.6 Å². The van der Waals surface area contributed by atoms with Crippen LogP contribution in [0.5, 0.6) is 0 Å². The summed E-state index contributed by atoms with van der Waals surface area (Å²) in [7, 11) is 0. The van der Waals surface area contributed by atoms with Crippen LogP contribution in [0.15, 0.2) is 18.5 Å². The predicted octanol–water partition coefficient (Wildman–Crippen LogP) is 0.607. The van der Waals surface area contributed by atoms with Gasteiger partial charge in [-0.3, -0.25) is 14.6 Å². The number of pyridine rings is 1. The molecule has 0 spiro atoms. The number of hydrogen-bond donors (Lipinski definition) is 1. The average molecular weight is 162 g/mol. The molecule has 12 heavy (non-hydrogen) atoms. The molecule has 60 valence electrons. The van der Waals surface area contributed by atoms with Crippen LogP contribution in [0.3, 0.4) is 0 Å². The van der Waals surface area contributed by atoms with Gasteiger partial charge in [0.1, 0.15) is 0 Å². The minimum Gasteiger partial charge on any atom is -0.325 e. The summed E-state index contributed by atoms with van der Waals surface area (Å²) in [4.78, 5) is 25.9. The van der Waals surface area contributed by atoms with E-state index in [1.54, 1.807) is 6.07 Å². The Hall–Kier alpha value is -1.71. The van der Waals surface area contributed by atoms with Crippen LogP contribution in [0.2, 0.25) is 0 Å². The molecule has 0 aromatic carbocycles. The first-order valence-electron chi connectivity index (χ1n) is 3.54. The summed E-state index contributed by atoms with van der Waals surface area (Å²) in [6.45, 7) is 0. The van der Waals surface area contributed by atoms with E-state index in [9.17, 15) is 9.59 Å².